The van der Waals surface area contributed by atoms with Crippen LogP contribution in [0.25, 0.3) is 0 Å². The maximum Gasteiger partial charge on any atom is 0.263 e. The average molecular weight is 445 g/mol. The van der Waals surface area contributed by atoms with Gasteiger partial charge in [0.1, 0.15) is 11.5 Å². The van der Waals surface area contributed by atoms with E-state index in [1.54, 1.807) is 14.0 Å². The third-order valence-electron chi connectivity index (χ3n) is 5.71. The maximum absolute atomic E-state index is 12.9. The quantitative estimate of drug-likeness (QED) is 0.592. The Labute approximate surface area is 194 Å². The van der Waals surface area contributed by atoms with E-state index in [1.165, 1.54) is 0 Å². The van der Waals surface area contributed by atoms with Gasteiger partial charge in [0.05, 0.1) is 13.5 Å². The molecule has 0 fully saturated rings. The lowest BCUT2D eigenvalue weighted by Gasteiger charge is -2.22. The number of hydrogen-bond donors (Lipinski definition) is 1. The van der Waals surface area contributed by atoms with Crippen molar-refractivity contribution in [1.29, 1.82) is 0 Å². The van der Waals surface area contributed by atoms with E-state index in [0.717, 1.165) is 28.9 Å². The van der Waals surface area contributed by atoms with E-state index < -0.39 is 6.10 Å². The Morgan fingerprint density at radius 3 is 2.55 bits per heavy atom. The lowest BCUT2D eigenvalue weighted by Crippen LogP contribution is -2.39. The number of nitrogens with one attached hydrogen (secondary N) is 1. The highest BCUT2D eigenvalue weighted by Gasteiger charge is 2.27. The van der Waals surface area contributed by atoms with Crippen LogP contribution >= 0.6 is 0 Å². The van der Waals surface area contributed by atoms with Gasteiger partial charge in [0.15, 0.2) is 6.10 Å². The van der Waals surface area contributed by atoms with Gasteiger partial charge in [0.2, 0.25) is 5.91 Å². The molecule has 1 atom stereocenters. The molecule has 0 saturated heterocycles. The number of amides is 2. The van der Waals surface area contributed by atoms with Crippen LogP contribution in [0.2, 0.25) is 0 Å². The van der Waals surface area contributed by atoms with Crippen LogP contribution in [-0.4, -0.2) is 36.5 Å². The molecule has 170 valence electrons. The molecule has 6 heteroatoms. The summed E-state index contributed by atoms with van der Waals surface area (Å²) in [5, 5.41) is 2.96. The number of carbonyl (C=O) groups is 2. The molecule has 0 spiro atoms. The summed E-state index contributed by atoms with van der Waals surface area (Å²) in [5.41, 5.74) is 3.65. The monoisotopic (exact) mass is 444 g/mol. The number of carbonyl (C=O) groups excluding carboxylic acids is 2. The molecule has 1 heterocycles. The first-order valence-electron chi connectivity index (χ1n) is 11.1. The van der Waals surface area contributed by atoms with E-state index >= 15 is 0 Å². The van der Waals surface area contributed by atoms with Gasteiger partial charge in [-0.15, -0.1) is 0 Å². The summed E-state index contributed by atoms with van der Waals surface area (Å²) in [4.78, 5) is 27.2. The molecule has 3 aromatic carbocycles. The molecule has 0 bridgehead atoms. The van der Waals surface area contributed by atoms with Crippen molar-refractivity contribution < 1.29 is 19.1 Å². The lowest BCUT2D eigenvalue weighted by molar-refractivity contribution is -0.137. The third-order valence-corrected chi connectivity index (χ3v) is 5.71. The smallest absolute Gasteiger partial charge is 0.263 e. The highest BCUT2D eigenvalue weighted by atomic mass is 16.5. The van der Waals surface area contributed by atoms with Gasteiger partial charge in [-0.25, -0.2) is 0 Å². The van der Waals surface area contributed by atoms with Gasteiger partial charge in [-0.3, -0.25) is 9.59 Å². The first-order valence-corrected chi connectivity index (χ1v) is 11.1. The first kappa shape index (κ1) is 22.4. The van der Waals surface area contributed by atoms with Crippen molar-refractivity contribution >= 4 is 17.5 Å². The summed E-state index contributed by atoms with van der Waals surface area (Å²) in [5.74, 6) is 1.34. The minimum absolute atomic E-state index is 0.0469. The number of methoxy groups -OCH3 is 1. The Balaban J connectivity index is 1.45. The van der Waals surface area contributed by atoms with Crippen molar-refractivity contribution in [3.8, 4) is 11.5 Å². The van der Waals surface area contributed by atoms with Gasteiger partial charge in [-0.1, -0.05) is 42.5 Å². The van der Waals surface area contributed by atoms with Crippen LogP contribution in [0.15, 0.2) is 72.8 Å². The molecule has 0 unspecified atom stereocenters. The summed E-state index contributed by atoms with van der Waals surface area (Å²) < 4.78 is 11.1. The summed E-state index contributed by atoms with van der Waals surface area (Å²) in [6, 6.07) is 23.0. The molecule has 6 nitrogen and oxygen atoms in total. The zero-order valence-electron chi connectivity index (χ0n) is 18.9. The number of benzene rings is 3. The van der Waals surface area contributed by atoms with Gasteiger partial charge in [-0.2, -0.15) is 0 Å². The second kappa shape index (κ2) is 10.2. The standard InChI is InChI=1S/C27H28N2O4/c1-19-27(31)29(15-14-20-8-11-24(32-2)12-9-20)18-22-17-23(10-13-25(22)33-19)28-26(30)16-21-6-4-3-5-7-21/h3-13,17,19H,14-16,18H2,1-2H3,(H,28,30)/t19-/m0/s1. The molecule has 4 rings (SSSR count). The normalized spacial score (nSPS) is 15.3. The van der Waals surface area contributed by atoms with Crippen LogP contribution < -0.4 is 14.8 Å². The minimum Gasteiger partial charge on any atom is -0.497 e. The van der Waals surface area contributed by atoms with E-state index in [9.17, 15) is 9.59 Å². The van der Waals surface area contributed by atoms with Crippen LogP contribution in [0.4, 0.5) is 5.69 Å². The van der Waals surface area contributed by atoms with Gasteiger partial charge < -0.3 is 19.7 Å². The zero-order chi connectivity index (χ0) is 23.2. The fourth-order valence-corrected chi connectivity index (χ4v) is 3.91. The van der Waals surface area contributed by atoms with Crippen molar-refractivity contribution in [3.63, 3.8) is 0 Å². The van der Waals surface area contributed by atoms with Crippen molar-refractivity contribution in [1.82, 2.24) is 4.90 Å². The summed E-state index contributed by atoms with van der Waals surface area (Å²) in [7, 11) is 1.64. The van der Waals surface area contributed by atoms with Gasteiger partial charge in [0.25, 0.3) is 5.91 Å². The molecule has 2 amide bonds. The Morgan fingerprint density at radius 2 is 1.82 bits per heavy atom. The second-order valence-corrected chi connectivity index (χ2v) is 8.15. The number of fused-ring (bicyclic) bond motifs is 1. The first-order chi connectivity index (χ1) is 16.0. The van der Waals surface area contributed by atoms with Crippen LogP contribution in [0.3, 0.4) is 0 Å². The summed E-state index contributed by atoms with van der Waals surface area (Å²) in [6.45, 7) is 2.77. The van der Waals surface area contributed by atoms with Crippen LogP contribution in [0, 0.1) is 0 Å². The van der Waals surface area contributed by atoms with E-state index in [1.807, 2.05) is 77.7 Å². The summed E-state index contributed by atoms with van der Waals surface area (Å²) >= 11 is 0. The van der Waals surface area contributed by atoms with Crippen LogP contribution in [0.5, 0.6) is 11.5 Å². The molecule has 0 aromatic heterocycles. The highest BCUT2D eigenvalue weighted by molar-refractivity contribution is 5.92. The predicted molar refractivity (Wildman–Crippen MR) is 127 cm³/mol. The molecule has 0 aliphatic carbocycles. The van der Waals surface area contributed by atoms with Crippen molar-refractivity contribution in [3.05, 3.63) is 89.5 Å². The zero-order valence-corrected chi connectivity index (χ0v) is 18.9. The third kappa shape index (κ3) is 5.71. The van der Waals surface area contributed by atoms with E-state index in [2.05, 4.69) is 5.32 Å². The Morgan fingerprint density at radius 1 is 1.06 bits per heavy atom. The fourth-order valence-electron chi connectivity index (χ4n) is 3.91. The molecule has 33 heavy (non-hydrogen) atoms. The second-order valence-electron chi connectivity index (χ2n) is 8.15. The van der Waals surface area contributed by atoms with Gasteiger partial charge >= 0.3 is 0 Å². The van der Waals surface area contributed by atoms with E-state index in [0.29, 0.717) is 30.9 Å². The molecular weight excluding hydrogens is 416 g/mol. The predicted octanol–water partition coefficient (Wildman–Crippen LogP) is 4.23. The molecule has 1 aliphatic rings. The summed E-state index contributed by atoms with van der Waals surface area (Å²) in [6.07, 6.45) is 0.462. The van der Waals surface area contributed by atoms with Crippen LogP contribution in [0.1, 0.15) is 23.6 Å². The molecular formula is C27H28N2O4. The Hall–Kier alpha value is -3.80. The molecule has 1 aliphatic heterocycles. The van der Waals surface area contributed by atoms with Crippen molar-refractivity contribution in [2.75, 3.05) is 19.0 Å². The number of anilines is 1. The van der Waals surface area contributed by atoms with Crippen molar-refractivity contribution in [2.24, 2.45) is 0 Å². The fraction of sp³-hybridized carbons (Fsp3) is 0.259. The molecule has 0 saturated carbocycles. The molecule has 0 radical (unpaired) electrons. The SMILES string of the molecule is COc1ccc(CCN2Cc3cc(NC(=O)Cc4ccccc4)ccc3O[C@@H](C)C2=O)cc1. The lowest BCUT2D eigenvalue weighted by atomic mass is 10.1. The minimum atomic E-state index is -0.569. The van der Waals surface area contributed by atoms with Crippen LogP contribution in [-0.2, 0) is 29.0 Å². The highest BCUT2D eigenvalue weighted by Crippen LogP contribution is 2.29. The molecule has 1 N–H and O–H groups in total. The van der Waals surface area contributed by atoms with Gasteiger partial charge in [0, 0.05) is 24.3 Å². The van der Waals surface area contributed by atoms with Crippen molar-refractivity contribution in [2.45, 2.75) is 32.4 Å². The average Bonchev–Trinajstić information content (AvgIpc) is 2.94. The van der Waals surface area contributed by atoms with E-state index in [-0.39, 0.29) is 11.8 Å². The number of ether oxygens (including phenoxy) is 2. The topological polar surface area (TPSA) is 67.9 Å². The maximum atomic E-state index is 12.9. The van der Waals surface area contributed by atoms with Gasteiger partial charge in [-0.05, 0) is 54.8 Å². The number of nitrogens with zero attached hydrogens (tertiary/aromatic N) is 1. The largest absolute Gasteiger partial charge is 0.497 e. The Kier molecular flexibility index (Phi) is 6.93. The van der Waals surface area contributed by atoms with E-state index in [4.69, 9.17) is 9.47 Å². The number of hydrogen-bond acceptors (Lipinski definition) is 4. The number of rotatable bonds is 7. The molecule has 3 aromatic rings. The Bertz CT molecular complexity index is 1110.